The van der Waals surface area contributed by atoms with Crippen LogP contribution in [0.1, 0.15) is 65.2 Å². The summed E-state index contributed by atoms with van der Waals surface area (Å²) in [5.41, 5.74) is 0. The van der Waals surface area contributed by atoms with Gasteiger partial charge in [0.2, 0.25) is 0 Å². The highest BCUT2D eigenvalue weighted by Gasteiger charge is 2.09. The van der Waals surface area contributed by atoms with Crippen LogP contribution in [0.5, 0.6) is 0 Å². The molecule has 1 heterocycles. The zero-order valence-electron chi connectivity index (χ0n) is 12.3. The molecule has 0 saturated heterocycles. The Kier molecular flexibility index (Phi) is 6.94. The van der Waals surface area contributed by atoms with E-state index < -0.39 is 0 Å². The van der Waals surface area contributed by atoms with Crippen LogP contribution in [0.2, 0.25) is 0 Å². The molecule has 0 aliphatic heterocycles. The number of hydrogen-bond donors (Lipinski definition) is 1. The van der Waals surface area contributed by atoms with Crippen molar-refractivity contribution in [3.05, 3.63) is 12.2 Å². The average molecular weight is 252 g/mol. The number of hydrogen-bond acceptors (Lipinski definition) is 3. The highest BCUT2D eigenvalue weighted by molar-refractivity contribution is 4.85. The minimum Gasteiger partial charge on any atom is -0.310 e. The molecule has 4 heteroatoms. The van der Waals surface area contributed by atoms with Crippen molar-refractivity contribution in [2.24, 2.45) is 5.92 Å². The Morgan fingerprint density at radius 1 is 1.33 bits per heavy atom. The molecule has 0 bridgehead atoms. The van der Waals surface area contributed by atoms with Gasteiger partial charge in [0.05, 0.1) is 6.54 Å². The van der Waals surface area contributed by atoms with Crippen LogP contribution in [0.3, 0.4) is 0 Å². The molecule has 0 aromatic carbocycles. The van der Waals surface area contributed by atoms with Crippen molar-refractivity contribution in [1.82, 2.24) is 20.1 Å². The largest absolute Gasteiger partial charge is 0.310 e. The van der Waals surface area contributed by atoms with Crippen LogP contribution in [0, 0.1) is 5.92 Å². The van der Waals surface area contributed by atoms with Gasteiger partial charge in [0.1, 0.15) is 12.2 Å². The second-order valence-electron chi connectivity index (χ2n) is 5.26. The Hall–Kier alpha value is -0.900. The predicted molar refractivity (Wildman–Crippen MR) is 75.4 cm³/mol. The first-order valence-electron chi connectivity index (χ1n) is 7.28. The number of unbranched alkanes of at least 4 members (excludes halogenated alkanes) is 1. The van der Waals surface area contributed by atoms with E-state index in [1.54, 1.807) is 6.33 Å². The molecule has 0 saturated carbocycles. The van der Waals surface area contributed by atoms with Gasteiger partial charge in [-0.25, -0.2) is 9.67 Å². The highest BCUT2D eigenvalue weighted by Crippen LogP contribution is 2.11. The lowest BCUT2D eigenvalue weighted by Gasteiger charge is -2.16. The van der Waals surface area contributed by atoms with Crippen LogP contribution in [0.25, 0.3) is 0 Å². The minimum atomic E-state index is 0.381. The Labute approximate surface area is 111 Å². The monoisotopic (exact) mass is 252 g/mol. The van der Waals surface area contributed by atoms with E-state index in [0.29, 0.717) is 6.04 Å². The van der Waals surface area contributed by atoms with Crippen LogP contribution in [-0.4, -0.2) is 21.3 Å². The third kappa shape index (κ3) is 4.77. The van der Waals surface area contributed by atoms with Crippen molar-refractivity contribution in [3.63, 3.8) is 0 Å². The van der Waals surface area contributed by atoms with E-state index in [0.717, 1.165) is 24.8 Å². The van der Waals surface area contributed by atoms with Crippen LogP contribution in [0.4, 0.5) is 0 Å². The number of nitrogens with one attached hydrogen (secondary N) is 1. The second-order valence-corrected chi connectivity index (χ2v) is 5.26. The summed E-state index contributed by atoms with van der Waals surface area (Å²) in [6.07, 6.45) is 6.85. The minimum absolute atomic E-state index is 0.381. The third-order valence-electron chi connectivity index (χ3n) is 3.40. The van der Waals surface area contributed by atoms with E-state index in [1.165, 1.54) is 25.7 Å². The molecule has 1 rings (SSSR count). The van der Waals surface area contributed by atoms with E-state index in [1.807, 2.05) is 4.68 Å². The SMILES string of the molecule is CCCCC(CC)CNCc1ncnn1C(C)C. The zero-order valence-corrected chi connectivity index (χ0v) is 12.3. The van der Waals surface area contributed by atoms with Crippen LogP contribution < -0.4 is 5.32 Å². The predicted octanol–water partition coefficient (Wildman–Crippen LogP) is 3.17. The molecule has 4 nitrogen and oxygen atoms in total. The van der Waals surface area contributed by atoms with Crippen molar-refractivity contribution < 1.29 is 0 Å². The Morgan fingerprint density at radius 2 is 2.11 bits per heavy atom. The first-order valence-corrected chi connectivity index (χ1v) is 7.28. The maximum atomic E-state index is 4.31. The summed E-state index contributed by atoms with van der Waals surface area (Å²) in [6.45, 7) is 10.7. The van der Waals surface area contributed by atoms with E-state index in [-0.39, 0.29) is 0 Å². The van der Waals surface area contributed by atoms with Crippen LogP contribution in [-0.2, 0) is 6.54 Å². The Morgan fingerprint density at radius 3 is 2.72 bits per heavy atom. The standard InChI is InChI=1S/C14H28N4/c1-5-7-8-13(6-2)9-15-10-14-16-11-17-18(14)12(3)4/h11-13,15H,5-10H2,1-4H3. The molecule has 1 aromatic rings. The molecule has 0 fully saturated rings. The summed E-state index contributed by atoms with van der Waals surface area (Å²) in [6, 6.07) is 0.381. The fraction of sp³-hybridized carbons (Fsp3) is 0.857. The average Bonchev–Trinajstić information content (AvgIpc) is 2.82. The van der Waals surface area contributed by atoms with Gasteiger partial charge in [-0.3, -0.25) is 0 Å². The molecular formula is C14H28N4. The first-order chi connectivity index (χ1) is 8.69. The maximum absolute atomic E-state index is 4.31. The summed E-state index contributed by atoms with van der Waals surface area (Å²) in [7, 11) is 0. The molecule has 0 radical (unpaired) electrons. The molecular weight excluding hydrogens is 224 g/mol. The molecule has 1 unspecified atom stereocenters. The number of nitrogens with zero attached hydrogens (tertiary/aromatic N) is 3. The molecule has 0 amide bonds. The lowest BCUT2D eigenvalue weighted by molar-refractivity contribution is 0.408. The highest BCUT2D eigenvalue weighted by atomic mass is 15.3. The van der Waals surface area contributed by atoms with E-state index >= 15 is 0 Å². The summed E-state index contributed by atoms with van der Waals surface area (Å²) < 4.78 is 1.99. The molecule has 104 valence electrons. The molecule has 1 N–H and O–H groups in total. The lowest BCUT2D eigenvalue weighted by Crippen LogP contribution is -2.24. The zero-order chi connectivity index (χ0) is 13.4. The van der Waals surface area contributed by atoms with Crippen molar-refractivity contribution in [1.29, 1.82) is 0 Å². The summed E-state index contributed by atoms with van der Waals surface area (Å²) in [5.74, 6) is 1.83. The molecule has 1 aromatic heterocycles. The van der Waals surface area contributed by atoms with Gasteiger partial charge in [0, 0.05) is 6.04 Å². The fourth-order valence-corrected chi connectivity index (χ4v) is 2.16. The van der Waals surface area contributed by atoms with Gasteiger partial charge >= 0.3 is 0 Å². The first kappa shape index (κ1) is 15.2. The van der Waals surface area contributed by atoms with Gasteiger partial charge in [-0.1, -0.05) is 33.1 Å². The smallest absolute Gasteiger partial charge is 0.141 e. The van der Waals surface area contributed by atoms with Gasteiger partial charge in [-0.05, 0) is 32.7 Å². The normalized spacial score (nSPS) is 13.2. The fourth-order valence-electron chi connectivity index (χ4n) is 2.16. The van der Waals surface area contributed by atoms with Crippen molar-refractivity contribution >= 4 is 0 Å². The quantitative estimate of drug-likeness (QED) is 0.734. The summed E-state index contributed by atoms with van der Waals surface area (Å²) in [4.78, 5) is 4.31. The Balaban J connectivity index is 2.33. The van der Waals surface area contributed by atoms with Gasteiger partial charge in [-0.15, -0.1) is 0 Å². The molecule has 0 aliphatic rings. The van der Waals surface area contributed by atoms with Crippen LogP contribution in [0.15, 0.2) is 6.33 Å². The molecule has 0 aliphatic carbocycles. The Bertz CT molecular complexity index is 319. The van der Waals surface area contributed by atoms with Crippen LogP contribution >= 0.6 is 0 Å². The van der Waals surface area contributed by atoms with Gasteiger partial charge in [0.25, 0.3) is 0 Å². The molecule has 18 heavy (non-hydrogen) atoms. The van der Waals surface area contributed by atoms with Gasteiger partial charge in [-0.2, -0.15) is 5.10 Å². The van der Waals surface area contributed by atoms with E-state index in [9.17, 15) is 0 Å². The number of rotatable bonds is 9. The summed E-state index contributed by atoms with van der Waals surface area (Å²) in [5, 5.41) is 7.77. The van der Waals surface area contributed by atoms with Gasteiger partial charge in [0.15, 0.2) is 0 Å². The maximum Gasteiger partial charge on any atom is 0.141 e. The molecule has 0 spiro atoms. The van der Waals surface area contributed by atoms with Gasteiger partial charge < -0.3 is 5.32 Å². The lowest BCUT2D eigenvalue weighted by atomic mass is 9.99. The number of aromatic nitrogens is 3. The third-order valence-corrected chi connectivity index (χ3v) is 3.40. The molecule has 1 atom stereocenters. The summed E-state index contributed by atoms with van der Waals surface area (Å²) >= 11 is 0. The van der Waals surface area contributed by atoms with Crippen molar-refractivity contribution in [2.75, 3.05) is 6.54 Å². The van der Waals surface area contributed by atoms with E-state index in [2.05, 4.69) is 43.1 Å². The van der Waals surface area contributed by atoms with Crippen molar-refractivity contribution in [2.45, 2.75) is 66.0 Å². The topological polar surface area (TPSA) is 42.7 Å². The second kappa shape index (κ2) is 8.25. The van der Waals surface area contributed by atoms with E-state index in [4.69, 9.17) is 0 Å². The van der Waals surface area contributed by atoms with Crippen molar-refractivity contribution in [3.8, 4) is 0 Å².